The first kappa shape index (κ1) is 17.8. The van der Waals surface area contributed by atoms with Crippen molar-refractivity contribution in [2.75, 3.05) is 0 Å². The highest BCUT2D eigenvalue weighted by molar-refractivity contribution is 7.97. The van der Waals surface area contributed by atoms with Crippen LogP contribution in [0.2, 0.25) is 0 Å². The molecule has 0 N–H and O–H groups in total. The molecule has 0 atom stereocenters. The van der Waals surface area contributed by atoms with Crippen molar-refractivity contribution in [3.8, 4) is 0 Å². The van der Waals surface area contributed by atoms with Gasteiger partial charge in [-0.2, -0.15) is 0 Å². The van der Waals surface area contributed by atoms with Crippen LogP contribution >= 0.6 is 11.6 Å². The molecule has 0 spiro atoms. The van der Waals surface area contributed by atoms with Gasteiger partial charge in [0.05, 0.1) is 4.90 Å². The molecule has 0 saturated heterocycles. The summed E-state index contributed by atoms with van der Waals surface area (Å²) in [6.07, 6.45) is 2.51. The summed E-state index contributed by atoms with van der Waals surface area (Å²) in [7, 11) is -3.69. The quantitative estimate of drug-likeness (QED) is 0.684. The summed E-state index contributed by atoms with van der Waals surface area (Å²) in [6.45, 7) is 4.00. The highest BCUT2D eigenvalue weighted by Crippen LogP contribution is 2.33. The third kappa shape index (κ3) is 4.24. The van der Waals surface area contributed by atoms with Crippen molar-refractivity contribution in [3.63, 3.8) is 0 Å². The number of aryl methyl sites for hydroxylation is 1. The van der Waals surface area contributed by atoms with Gasteiger partial charge in [0.25, 0.3) is 0 Å². The molecule has 23 heavy (non-hydrogen) atoms. The Labute approximate surface area is 143 Å². The zero-order valence-electron chi connectivity index (χ0n) is 13.4. The van der Waals surface area contributed by atoms with Crippen molar-refractivity contribution in [2.24, 2.45) is 0 Å². The fraction of sp³-hybridized carbons (Fsp3) is 0.263. The van der Waals surface area contributed by atoms with Crippen molar-refractivity contribution in [1.82, 2.24) is 0 Å². The minimum absolute atomic E-state index is 0.0685. The van der Waals surface area contributed by atoms with Crippen LogP contribution in [0.3, 0.4) is 0 Å². The minimum atomic E-state index is -3.69. The van der Waals surface area contributed by atoms with E-state index in [-0.39, 0.29) is 9.26 Å². The van der Waals surface area contributed by atoms with Gasteiger partial charge in [-0.1, -0.05) is 73.0 Å². The number of hydrogen-bond acceptors (Lipinski definition) is 2. The Kier molecular flexibility index (Phi) is 6.03. The average Bonchev–Trinajstić information content (AvgIpc) is 2.56. The first-order valence-electron chi connectivity index (χ1n) is 7.72. The first-order valence-corrected chi connectivity index (χ1v) is 9.58. The molecule has 0 unspecified atom stereocenters. The maximum Gasteiger partial charge on any atom is 0.217 e. The number of sulfone groups is 1. The lowest BCUT2D eigenvalue weighted by Crippen LogP contribution is -2.04. The van der Waals surface area contributed by atoms with Crippen LogP contribution in [0.25, 0.3) is 5.57 Å². The highest BCUT2D eigenvalue weighted by atomic mass is 35.5. The lowest BCUT2D eigenvalue weighted by molar-refractivity contribution is 0.603. The summed E-state index contributed by atoms with van der Waals surface area (Å²) in [5.41, 5.74) is 2.56. The van der Waals surface area contributed by atoms with Gasteiger partial charge in [0, 0.05) is 0 Å². The Morgan fingerprint density at radius 1 is 1.00 bits per heavy atom. The Morgan fingerprint density at radius 2 is 1.61 bits per heavy atom. The van der Waals surface area contributed by atoms with Crippen LogP contribution in [0.1, 0.15) is 37.3 Å². The van der Waals surface area contributed by atoms with E-state index in [1.807, 2.05) is 37.3 Å². The molecule has 0 aliphatic heterocycles. The number of hydrogen-bond donors (Lipinski definition) is 0. The average molecular weight is 349 g/mol. The third-order valence-corrected chi connectivity index (χ3v) is 6.16. The Hall–Kier alpha value is -1.58. The number of halogens is 1. The van der Waals surface area contributed by atoms with Crippen LogP contribution < -0.4 is 0 Å². The van der Waals surface area contributed by atoms with E-state index in [4.69, 9.17) is 11.6 Å². The van der Waals surface area contributed by atoms with Crippen molar-refractivity contribution in [1.29, 1.82) is 0 Å². The van der Waals surface area contributed by atoms with Gasteiger partial charge in [-0.05, 0) is 43.0 Å². The molecule has 0 radical (unpaired) electrons. The second-order valence-electron chi connectivity index (χ2n) is 5.54. The van der Waals surface area contributed by atoms with Gasteiger partial charge in [-0.25, -0.2) is 8.42 Å². The molecule has 0 aliphatic rings. The molecule has 0 heterocycles. The maximum atomic E-state index is 12.8. The Bertz CT molecular complexity index is 776. The molecular weight excluding hydrogens is 328 g/mol. The van der Waals surface area contributed by atoms with Gasteiger partial charge in [-0.3, -0.25) is 0 Å². The summed E-state index contributed by atoms with van der Waals surface area (Å²) < 4.78 is 25.6. The van der Waals surface area contributed by atoms with Gasteiger partial charge in [0.15, 0.2) is 0 Å². The Balaban J connectivity index is 2.54. The first-order chi connectivity index (χ1) is 11.0. The highest BCUT2D eigenvalue weighted by Gasteiger charge is 2.23. The van der Waals surface area contributed by atoms with Crippen LogP contribution in [0, 0.1) is 6.92 Å². The Morgan fingerprint density at radius 3 is 2.17 bits per heavy atom. The van der Waals surface area contributed by atoms with Gasteiger partial charge in [0.1, 0.15) is 4.36 Å². The van der Waals surface area contributed by atoms with E-state index in [1.165, 1.54) is 0 Å². The minimum Gasteiger partial charge on any atom is -0.218 e. The smallest absolute Gasteiger partial charge is 0.217 e. The molecule has 122 valence electrons. The number of allylic oxidation sites excluding steroid dienone is 1. The van der Waals surface area contributed by atoms with Crippen molar-refractivity contribution < 1.29 is 8.42 Å². The zero-order valence-corrected chi connectivity index (χ0v) is 15.0. The second kappa shape index (κ2) is 7.80. The molecule has 0 amide bonds. The molecular formula is C19H21ClO2S. The van der Waals surface area contributed by atoms with Gasteiger partial charge in [-0.15, -0.1) is 0 Å². The van der Waals surface area contributed by atoms with E-state index in [2.05, 4.69) is 6.92 Å². The molecule has 0 fully saturated rings. The predicted molar refractivity (Wildman–Crippen MR) is 97.1 cm³/mol. The van der Waals surface area contributed by atoms with Crippen molar-refractivity contribution in [3.05, 3.63) is 70.1 Å². The topological polar surface area (TPSA) is 34.1 Å². The predicted octanol–water partition coefficient (Wildman–Crippen LogP) is 5.57. The molecule has 0 aromatic heterocycles. The van der Waals surface area contributed by atoms with E-state index >= 15 is 0 Å². The summed E-state index contributed by atoms with van der Waals surface area (Å²) >= 11 is 6.37. The zero-order chi connectivity index (χ0) is 16.9. The molecule has 0 saturated carbocycles. The monoisotopic (exact) mass is 348 g/mol. The molecule has 2 aromatic carbocycles. The molecule has 2 nitrogen and oxygen atoms in total. The SMILES string of the molecule is CCCC/C(=C(\Cl)S(=O)(=O)c1ccc(C)cc1)c1ccccc1. The summed E-state index contributed by atoms with van der Waals surface area (Å²) in [5, 5.41) is 0. The fourth-order valence-corrected chi connectivity index (χ4v) is 4.05. The molecule has 0 bridgehead atoms. The largest absolute Gasteiger partial charge is 0.218 e. The molecule has 0 aliphatic carbocycles. The number of rotatable bonds is 6. The normalized spacial score (nSPS) is 12.8. The van der Waals surface area contributed by atoms with E-state index in [0.717, 1.165) is 24.0 Å². The molecule has 4 heteroatoms. The van der Waals surface area contributed by atoms with E-state index < -0.39 is 9.84 Å². The summed E-state index contributed by atoms with van der Waals surface area (Å²) in [4.78, 5) is 0.234. The lowest BCUT2D eigenvalue weighted by Gasteiger charge is -2.12. The fourth-order valence-electron chi connectivity index (χ4n) is 2.33. The van der Waals surface area contributed by atoms with E-state index in [0.29, 0.717) is 12.0 Å². The van der Waals surface area contributed by atoms with E-state index in [9.17, 15) is 8.42 Å². The summed E-state index contributed by atoms with van der Waals surface area (Å²) in [6, 6.07) is 16.3. The number of benzene rings is 2. The van der Waals surface area contributed by atoms with Gasteiger partial charge < -0.3 is 0 Å². The molecule has 2 aromatic rings. The van der Waals surface area contributed by atoms with Crippen LogP contribution in [-0.2, 0) is 9.84 Å². The standard InChI is InChI=1S/C19H21ClO2S/c1-3-4-10-18(16-8-6-5-7-9-16)19(20)23(21,22)17-13-11-15(2)12-14-17/h5-9,11-14H,3-4,10H2,1-2H3/b19-18-. The van der Waals surface area contributed by atoms with Crippen LogP contribution in [-0.4, -0.2) is 8.42 Å². The lowest BCUT2D eigenvalue weighted by atomic mass is 10.0. The van der Waals surface area contributed by atoms with Gasteiger partial charge >= 0.3 is 0 Å². The number of unbranched alkanes of at least 4 members (excludes halogenated alkanes) is 1. The maximum absolute atomic E-state index is 12.8. The van der Waals surface area contributed by atoms with Gasteiger partial charge in [0.2, 0.25) is 9.84 Å². The van der Waals surface area contributed by atoms with Crippen LogP contribution in [0.5, 0.6) is 0 Å². The second-order valence-corrected chi connectivity index (χ2v) is 8.03. The van der Waals surface area contributed by atoms with Crippen LogP contribution in [0.15, 0.2) is 63.9 Å². The van der Waals surface area contributed by atoms with Crippen LogP contribution in [0.4, 0.5) is 0 Å². The van der Waals surface area contributed by atoms with Crippen molar-refractivity contribution in [2.45, 2.75) is 38.0 Å². The van der Waals surface area contributed by atoms with E-state index in [1.54, 1.807) is 24.3 Å². The van der Waals surface area contributed by atoms with Crippen molar-refractivity contribution >= 4 is 27.0 Å². The molecule has 2 rings (SSSR count). The summed E-state index contributed by atoms with van der Waals surface area (Å²) in [5.74, 6) is 0. The third-order valence-electron chi connectivity index (χ3n) is 3.71.